The molecule has 6 aliphatic heterocycles. The van der Waals surface area contributed by atoms with E-state index >= 15 is 4.39 Å². The number of halogens is 2. The Kier molecular flexibility index (Phi) is 8.47. The molecule has 0 spiro atoms. The van der Waals surface area contributed by atoms with Crippen LogP contribution < -0.4 is 20.4 Å². The van der Waals surface area contributed by atoms with Gasteiger partial charge in [-0.1, -0.05) is 6.07 Å². The van der Waals surface area contributed by atoms with Gasteiger partial charge in [-0.05, 0) is 67.0 Å². The van der Waals surface area contributed by atoms with E-state index in [1.807, 2.05) is 11.0 Å². The van der Waals surface area contributed by atoms with Crippen molar-refractivity contribution >= 4 is 40.8 Å². The van der Waals surface area contributed by atoms with Gasteiger partial charge in [0, 0.05) is 83.5 Å². The third kappa shape index (κ3) is 5.95. The maximum atomic E-state index is 15.8. The van der Waals surface area contributed by atoms with Crippen LogP contribution in [-0.4, -0.2) is 137 Å². The molecule has 3 N–H and O–H groups in total. The number of alkyl halides is 1. The Hall–Kier alpha value is -5.22. The molecule has 4 amide bonds. The topological polar surface area (TPSA) is 155 Å². The van der Waals surface area contributed by atoms with E-state index in [2.05, 4.69) is 35.5 Å². The van der Waals surface area contributed by atoms with Gasteiger partial charge in [-0.25, -0.2) is 8.78 Å². The Labute approximate surface area is 321 Å². The molecule has 1 aromatic heterocycles. The minimum Gasteiger partial charge on any atom is -0.507 e. The van der Waals surface area contributed by atoms with E-state index in [0.29, 0.717) is 47.9 Å². The number of benzene rings is 2. The highest BCUT2D eigenvalue weighted by atomic mass is 19.1. The minimum absolute atomic E-state index is 0.0570. The van der Waals surface area contributed by atoms with E-state index in [-0.39, 0.29) is 53.8 Å². The summed E-state index contributed by atoms with van der Waals surface area (Å²) in [5, 5.41) is 24.5. The number of nitrogens with zero attached hydrogens (tertiary/aromatic N) is 7. The van der Waals surface area contributed by atoms with Crippen LogP contribution >= 0.6 is 0 Å². The van der Waals surface area contributed by atoms with Gasteiger partial charge in [-0.15, -0.1) is 10.2 Å². The molecule has 4 saturated heterocycles. The first-order chi connectivity index (χ1) is 27.1. The Balaban J connectivity index is 0.703. The van der Waals surface area contributed by atoms with Crippen LogP contribution in [0, 0.1) is 29.5 Å². The van der Waals surface area contributed by atoms with Gasteiger partial charge in [0.25, 0.3) is 11.8 Å². The second-order valence-electron chi connectivity index (χ2n) is 16.5. The van der Waals surface area contributed by atoms with Gasteiger partial charge in [0.2, 0.25) is 11.8 Å². The lowest BCUT2D eigenvalue weighted by Gasteiger charge is -2.46. The van der Waals surface area contributed by atoms with Gasteiger partial charge in [0.1, 0.15) is 29.5 Å². The Bertz CT molecular complexity index is 2120. The molecular weight excluding hydrogens is 724 g/mol. The molecule has 14 nitrogen and oxygen atoms in total. The zero-order valence-corrected chi connectivity index (χ0v) is 30.7. The summed E-state index contributed by atoms with van der Waals surface area (Å²) in [6.07, 6.45) is -0.202. The van der Waals surface area contributed by atoms with E-state index in [1.165, 1.54) is 18.2 Å². The minimum atomic E-state index is -1.04. The number of phenols is 1. The first-order valence-corrected chi connectivity index (χ1v) is 19.7. The van der Waals surface area contributed by atoms with Gasteiger partial charge >= 0.3 is 0 Å². The molecule has 0 bridgehead atoms. The molecule has 10 rings (SSSR count). The SMILES string of the molecule is O=C1CCC(N2C(=O)c3ccc(N4CC[C@H](CN5C[C@@H]6C(CN7CCN8c9cc(-c%10c(O)cccc%10F)nnc9NC[C@H]8C7)[C@@H]6C5)[C@@H](F)C4)cc3C2=O)C(=O)N1. The highest BCUT2D eigenvalue weighted by molar-refractivity contribution is 6.23. The van der Waals surface area contributed by atoms with E-state index in [4.69, 9.17) is 0 Å². The molecule has 7 heterocycles. The summed E-state index contributed by atoms with van der Waals surface area (Å²) in [5.74, 6) is -0.379. The maximum absolute atomic E-state index is 15.8. The van der Waals surface area contributed by atoms with Crippen LogP contribution in [0.15, 0.2) is 42.5 Å². The number of amides is 4. The molecular formula is C40H43F2N9O5. The Morgan fingerprint density at radius 2 is 1.68 bits per heavy atom. The van der Waals surface area contributed by atoms with Crippen molar-refractivity contribution in [1.82, 2.24) is 30.2 Å². The number of piperazine rings is 1. The quantitative estimate of drug-likeness (QED) is 0.303. The summed E-state index contributed by atoms with van der Waals surface area (Å²) in [5.41, 5.74) is 2.34. The fraction of sp³-hybridized carbons (Fsp3) is 0.500. The highest BCUT2D eigenvalue weighted by Crippen LogP contribution is 2.52. The van der Waals surface area contributed by atoms with Crippen LogP contribution in [0.5, 0.6) is 5.75 Å². The van der Waals surface area contributed by atoms with Gasteiger partial charge in [0.15, 0.2) is 5.82 Å². The molecule has 2 aromatic carbocycles. The number of carbonyl (C=O) groups excluding carboxylic acids is 4. The number of phenolic OH excluding ortho intramolecular Hbond substituents is 1. The predicted octanol–water partition coefficient (Wildman–Crippen LogP) is 2.35. The lowest BCUT2D eigenvalue weighted by Crippen LogP contribution is -2.58. The molecule has 3 aromatic rings. The largest absolute Gasteiger partial charge is 0.507 e. The highest BCUT2D eigenvalue weighted by Gasteiger charge is 2.56. The number of carbonyl (C=O) groups is 4. The van der Waals surface area contributed by atoms with Crippen molar-refractivity contribution in [1.29, 1.82) is 0 Å². The lowest BCUT2D eigenvalue weighted by atomic mass is 9.93. The molecule has 292 valence electrons. The Morgan fingerprint density at radius 3 is 2.46 bits per heavy atom. The molecule has 16 heteroatoms. The van der Waals surface area contributed by atoms with E-state index < -0.39 is 41.7 Å². The van der Waals surface area contributed by atoms with Crippen molar-refractivity contribution in [2.75, 3.05) is 80.6 Å². The van der Waals surface area contributed by atoms with Crippen molar-refractivity contribution in [2.24, 2.45) is 23.7 Å². The number of imide groups is 2. The fourth-order valence-corrected chi connectivity index (χ4v) is 10.2. The summed E-state index contributed by atoms with van der Waals surface area (Å²) < 4.78 is 30.4. The molecule has 1 aliphatic carbocycles. The fourth-order valence-electron chi connectivity index (χ4n) is 10.2. The van der Waals surface area contributed by atoms with Crippen molar-refractivity contribution in [3.8, 4) is 17.0 Å². The predicted molar refractivity (Wildman–Crippen MR) is 200 cm³/mol. The third-order valence-electron chi connectivity index (χ3n) is 13.3. The van der Waals surface area contributed by atoms with E-state index in [1.54, 1.807) is 18.2 Å². The summed E-state index contributed by atoms with van der Waals surface area (Å²) in [7, 11) is 0. The molecule has 2 unspecified atom stereocenters. The van der Waals surface area contributed by atoms with Gasteiger partial charge in [-0.2, -0.15) is 0 Å². The van der Waals surface area contributed by atoms with Crippen LogP contribution in [-0.2, 0) is 9.59 Å². The van der Waals surface area contributed by atoms with Crippen LogP contribution in [0.4, 0.5) is 26.0 Å². The number of hydrogen-bond acceptors (Lipinski definition) is 12. The molecule has 7 atom stereocenters. The van der Waals surface area contributed by atoms with Crippen LogP contribution in [0.3, 0.4) is 0 Å². The average Bonchev–Trinajstić information content (AvgIpc) is 3.49. The zero-order valence-electron chi connectivity index (χ0n) is 30.7. The molecule has 5 fully saturated rings. The molecule has 7 aliphatic rings. The van der Waals surface area contributed by atoms with Crippen molar-refractivity contribution in [2.45, 2.75) is 37.5 Å². The average molecular weight is 768 g/mol. The van der Waals surface area contributed by atoms with Crippen molar-refractivity contribution < 1.29 is 33.1 Å². The number of anilines is 3. The number of rotatable bonds is 7. The van der Waals surface area contributed by atoms with Crippen LogP contribution in [0.1, 0.15) is 40.0 Å². The number of aromatic nitrogens is 2. The summed E-state index contributed by atoms with van der Waals surface area (Å²) in [6.45, 7) is 7.99. The first kappa shape index (κ1) is 35.2. The molecule has 56 heavy (non-hydrogen) atoms. The lowest BCUT2D eigenvalue weighted by molar-refractivity contribution is -0.136. The van der Waals surface area contributed by atoms with Gasteiger partial charge in [-0.3, -0.25) is 34.3 Å². The number of nitrogens with one attached hydrogen (secondary N) is 2. The van der Waals surface area contributed by atoms with Crippen LogP contribution in [0.2, 0.25) is 0 Å². The van der Waals surface area contributed by atoms with Crippen LogP contribution in [0.25, 0.3) is 11.3 Å². The van der Waals surface area contributed by atoms with Crippen molar-refractivity contribution in [3.63, 3.8) is 0 Å². The first-order valence-electron chi connectivity index (χ1n) is 19.7. The third-order valence-corrected chi connectivity index (χ3v) is 13.3. The molecule has 1 saturated carbocycles. The standard InChI is InChI=1S/C40H43F2N9O5/c41-29-2-1-3-34(52)36(29)31-13-33-37(46-45-31)43-14-23-16-47(10-11-50(23)33)17-26-27-18-48(19-28(26)27)15-21-8-9-49(20-30(21)42)22-4-5-24-25(12-22)40(56)51(39(24)55)32-6-7-35(53)44-38(32)54/h1-5,12-13,21,23,26-28,30,32,52H,6-11,14-20H2,(H,43,46)(H,44,53,54)/t21-,23+,26?,27-,28+,30+,32?/m1/s1. The second-order valence-corrected chi connectivity index (χ2v) is 16.5. The second kappa shape index (κ2) is 13.5. The van der Waals surface area contributed by atoms with Crippen molar-refractivity contribution in [3.05, 3.63) is 59.4 Å². The number of piperidine rings is 3. The summed E-state index contributed by atoms with van der Waals surface area (Å²) in [6, 6.07) is 10.2. The normalized spacial score (nSPS) is 30.1. The van der Waals surface area contributed by atoms with E-state index in [9.17, 15) is 28.7 Å². The summed E-state index contributed by atoms with van der Waals surface area (Å²) in [4.78, 5) is 60.7. The van der Waals surface area contributed by atoms with E-state index in [0.717, 1.165) is 62.9 Å². The number of hydrogen-bond donors (Lipinski definition) is 3. The Morgan fingerprint density at radius 1 is 0.857 bits per heavy atom. The van der Waals surface area contributed by atoms with Gasteiger partial charge in [0.05, 0.1) is 28.4 Å². The number of likely N-dealkylation sites (tertiary alicyclic amines) is 1. The smallest absolute Gasteiger partial charge is 0.262 e. The maximum Gasteiger partial charge on any atom is 0.262 e. The zero-order chi connectivity index (χ0) is 38.4. The number of fused-ring (bicyclic) bond motifs is 5. The molecule has 0 radical (unpaired) electrons. The number of aromatic hydroxyl groups is 1. The monoisotopic (exact) mass is 767 g/mol. The van der Waals surface area contributed by atoms with Gasteiger partial charge < -0.3 is 25.1 Å². The summed E-state index contributed by atoms with van der Waals surface area (Å²) >= 11 is 0.